The molecule has 0 aliphatic rings. The Kier molecular flexibility index (Phi) is 21.4. The monoisotopic (exact) mass is 424 g/mol. The Bertz CT molecular complexity index is 431. The largest absolute Gasteiger partial charge is 0.466 e. The summed E-state index contributed by atoms with van der Waals surface area (Å²) in [5.74, 6) is -0.463. The highest BCUT2D eigenvalue weighted by Crippen LogP contribution is 2.13. The van der Waals surface area contributed by atoms with Crippen molar-refractivity contribution in [1.29, 1.82) is 0 Å². The molecule has 0 radical (unpaired) electrons. The highest BCUT2D eigenvalue weighted by atomic mass is 16.5. The number of carbonyl (C=O) groups excluding carboxylic acids is 2. The lowest BCUT2D eigenvalue weighted by Gasteiger charge is -2.06. The standard InChI is InChI=1S/C26H48O4/c1-4-5-6-7-8-9-10-11-12-13-14-15-16-17-22-29-25(27)19-18-20-26(28)30-23-21-24(2)3/h2,4-23H2,1,3H3. The fraction of sp³-hybridized carbons (Fsp3) is 0.846. The van der Waals surface area contributed by atoms with Gasteiger partial charge in [0.15, 0.2) is 0 Å². The van der Waals surface area contributed by atoms with E-state index in [4.69, 9.17) is 9.47 Å². The third-order valence-corrected chi connectivity index (χ3v) is 5.31. The minimum atomic E-state index is -0.254. The van der Waals surface area contributed by atoms with Crippen LogP contribution < -0.4 is 0 Å². The fourth-order valence-electron chi connectivity index (χ4n) is 3.34. The van der Waals surface area contributed by atoms with Gasteiger partial charge in [0.1, 0.15) is 0 Å². The minimum Gasteiger partial charge on any atom is -0.466 e. The summed E-state index contributed by atoms with van der Waals surface area (Å²) in [4.78, 5) is 23.2. The van der Waals surface area contributed by atoms with Gasteiger partial charge in [-0.1, -0.05) is 96.0 Å². The van der Waals surface area contributed by atoms with Crippen molar-refractivity contribution in [3.8, 4) is 0 Å². The predicted octanol–water partition coefficient (Wildman–Crippen LogP) is 7.69. The topological polar surface area (TPSA) is 52.6 Å². The van der Waals surface area contributed by atoms with Gasteiger partial charge in [-0.2, -0.15) is 0 Å². The molecule has 0 unspecified atom stereocenters. The Morgan fingerprint density at radius 1 is 0.567 bits per heavy atom. The SMILES string of the molecule is C=C(C)CCOC(=O)CCCC(=O)OCCCCCCCCCCCCCCCC. The van der Waals surface area contributed by atoms with Crippen molar-refractivity contribution in [1.82, 2.24) is 0 Å². The number of rotatable bonds is 22. The average Bonchev–Trinajstić information content (AvgIpc) is 2.70. The van der Waals surface area contributed by atoms with E-state index in [2.05, 4.69) is 13.5 Å². The number of esters is 2. The molecule has 0 N–H and O–H groups in total. The van der Waals surface area contributed by atoms with Crippen molar-refractivity contribution in [3.05, 3.63) is 12.2 Å². The van der Waals surface area contributed by atoms with Gasteiger partial charge < -0.3 is 9.47 Å². The Labute approximate surface area is 186 Å². The zero-order valence-corrected chi connectivity index (χ0v) is 20.0. The van der Waals surface area contributed by atoms with Crippen molar-refractivity contribution in [3.63, 3.8) is 0 Å². The van der Waals surface area contributed by atoms with Crippen LogP contribution in [0.1, 0.15) is 129 Å². The normalized spacial score (nSPS) is 10.7. The number of ether oxygens (including phenoxy) is 2. The molecule has 0 aliphatic carbocycles. The van der Waals surface area contributed by atoms with Crippen LogP contribution >= 0.6 is 0 Å². The number of unbranched alkanes of at least 4 members (excludes halogenated alkanes) is 13. The Morgan fingerprint density at radius 2 is 0.967 bits per heavy atom. The first-order valence-corrected chi connectivity index (χ1v) is 12.5. The summed E-state index contributed by atoms with van der Waals surface area (Å²) in [5, 5.41) is 0. The first kappa shape index (κ1) is 28.7. The van der Waals surface area contributed by atoms with Crippen molar-refractivity contribution >= 4 is 11.9 Å². The molecule has 0 bridgehead atoms. The summed E-state index contributed by atoms with van der Waals surface area (Å²) >= 11 is 0. The van der Waals surface area contributed by atoms with Gasteiger partial charge in [-0.3, -0.25) is 9.59 Å². The third kappa shape index (κ3) is 23.0. The van der Waals surface area contributed by atoms with Crippen LogP contribution in [0.15, 0.2) is 12.2 Å². The number of carbonyl (C=O) groups is 2. The van der Waals surface area contributed by atoms with E-state index in [-0.39, 0.29) is 24.8 Å². The Morgan fingerprint density at radius 3 is 1.40 bits per heavy atom. The summed E-state index contributed by atoms with van der Waals surface area (Å²) < 4.78 is 10.3. The lowest BCUT2D eigenvalue weighted by molar-refractivity contribution is -0.145. The van der Waals surface area contributed by atoms with Gasteiger partial charge in [0.05, 0.1) is 13.2 Å². The van der Waals surface area contributed by atoms with Gasteiger partial charge in [-0.15, -0.1) is 6.58 Å². The maximum Gasteiger partial charge on any atom is 0.305 e. The number of hydrogen-bond donors (Lipinski definition) is 0. The fourth-order valence-corrected chi connectivity index (χ4v) is 3.34. The first-order valence-electron chi connectivity index (χ1n) is 12.5. The molecule has 0 saturated carbocycles. The van der Waals surface area contributed by atoms with Crippen LogP contribution in [0, 0.1) is 0 Å². The van der Waals surface area contributed by atoms with E-state index in [0.29, 0.717) is 26.1 Å². The molecule has 0 amide bonds. The minimum absolute atomic E-state index is 0.209. The molecule has 176 valence electrons. The smallest absolute Gasteiger partial charge is 0.305 e. The van der Waals surface area contributed by atoms with Gasteiger partial charge in [-0.25, -0.2) is 0 Å². The van der Waals surface area contributed by atoms with Crippen LogP contribution in [-0.4, -0.2) is 25.2 Å². The van der Waals surface area contributed by atoms with Crippen LogP contribution in [0.4, 0.5) is 0 Å². The van der Waals surface area contributed by atoms with Crippen molar-refractivity contribution in [2.45, 2.75) is 129 Å². The van der Waals surface area contributed by atoms with Crippen LogP contribution in [0.2, 0.25) is 0 Å². The summed E-state index contributed by atoms with van der Waals surface area (Å²) in [6, 6.07) is 0. The van der Waals surface area contributed by atoms with Crippen LogP contribution in [0.25, 0.3) is 0 Å². The maximum atomic E-state index is 11.7. The van der Waals surface area contributed by atoms with Gasteiger partial charge in [0.25, 0.3) is 0 Å². The zero-order valence-electron chi connectivity index (χ0n) is 20.0. The van der Waals surface area contributed by atoms with E-state index >= 15 is 0 Å². The predicted molar refractivity (Wildman–Crippen MR) is 126 cm³/mol. The average molecular weight is 425 g/mol. The van der Waals surface area contributed by atoms with Crippen molar-refractivity contribution in [2.75, 3.05) is 13.2 Å². The summed E-state index contributed by atoms with van der Waals surface area (Å²) in [5.41, 5.74) is 0.995. The molecule has 0 atom stereocenters. The van der Waals surface area contributed by atoms with Gasteiger partial charge in [-0.05, 0) is 19.8 Å². The molecule has 0 saturated heterocycles. The zero-order chi connectivity index (χ0) is 22.3. The van der Waals surface area contributed by atoms with E-state index < -0.39 is 0 Å². The highest BCUT2D eigenvalue weighted by Gasteiger charge is 2.07. The van der Waals surface area contributed by atoms with E-state index in [1.54, 1.807) is 0 Å². The Hall–Kier alpha value is -1.32. The second-order valence-electron chi connectivity index (χ2n) is 8.60. The third-order valence-electron chi connectivity index (χ3n) is 5.31. The molecule has 0 rings (SSSR count). The van der Waals surface area contributed by atoms with Crippen molar-refractivity contribution < 1.29 is 19.1 Å². The summed E-state index contributed by atoms with van der Waals surface area (Å²) in [6.45, 7) is 8.81. The summed E-state index contributed by atoms with van der Waals surface area (Å²) in [6.07, 6.45) is 20.2. The van der Waals surface area contributed by atoms with E-state index in [0.717, 1.165) is 18.4 Å². The summed E-state index contributed by atoms with van der Waals surface area (Å²) in [7, 11) is 0. The van der Waals surface area contributed by atoms with Gasteiger partial charge in [0, 0.05) is 19.3 Å². The first-order chi connectivity index (χ1) is 14.6. The molecule has 0 aromatic carbocycles. The Balaban J connectivity index is 3.26. The molecule has 4 heteroatoms. The molecule has 0 aromatic heterocycles. The molecule has 0 fully saturated rings. The van der Waals surface area contributed by atoms with E-state index in [9.17, 15) is 9.59 Å². The molecule has 4 nitrogen and oxygen atoms in total. The van der Waals surface area contributed by atoms with Crippen LogP contribution in [0.5, 0.6) is 0 Å². The molecule has 0 aliphatic heterocycles. The molecule has 0 heterocycles. The van der Waals surface area contributed by atoms with E-state index in [1.807, 2.05) is 6.92 Å². The lowest BCUT2D eigenvalue weighted by atomic mass is 10.0. The molecule has 0 spiro atoms. The van der Waals surface area contributed by atoms with Crippen molar-refractivity contribution in [2.24, 2.45) is 0 Å². The second kappa shape index (κ2) is 22.4. The number of hydrogen-bond acceptors (Lipinski definition) is 4. The van der Waals surface area contributed by atoms with E-state index in [1.165, 1.54) is 77.0 Å². The van der Waals surface area contributed by atoms with Gasteiger partial charge >= 0.3 is 11.9 Å². The maximum absolute atomic E-state index is 11.7. The quantitative estimate of drug-likeness (QED) is 0.101. The van der Waals surface area contributed by atoms with Crippen LogP contribution in [-0.2, 0) is 19.1 Å². The lowest BCUT2D eigenvalue weighted by Crippen LogP contribution is -2.09. The molecular formula is C26H48O4. The van der Waals surface area contributed by atoms with Crippen LogP contribution in [0.3, 0.4) is 0 Å². The van der Waals surface area contributed by atoms with Gasteiger partial charge in [0.2, 0.25) is 0 Å². The molecule has 0 aromatic rings. The molecular weight excluding hydrogens is 376 g/mol. The molecule has 30 heavy (non-hydrogen) atoms. The second-order valence-corrected chi connectivity index (χ2v) is 8.60. The highest BCUT2D eigenvalue weighted by molar-refractivity contribution is 5.72.